The molecule has 1 N–H and O–H groups in total. The van der Waals surface area contributed by atoms with Gasteiger partial charge in [-0.3, -0.25) is 4.90 Å². The van der Waals surface area contributed by atoms with Crippen molar-refractivity contribution in [3.8, 4) is 11.5 Å². The molecule has 0 spiro atoms. The van der Waals surface area contributed by atoms with Crippen LogP contribution in [-0.4, -0.2) is 113 Å². The molecule has 14 heteroatoms. The number of methoxy groups -OCH3 is 3. The zero-order chi connectivity index (χ0) is 34.8. The first kappa shape index (κ1) is 37.0. The number of carboxylic acid groups (broad SMARTS) is 1. The van der Waals surface area contributed by atoms with Crippen LogP contribution in [-0.2, 0) is 30.4 Å². The van der Waals surface area contributed by atoms with Gasteiger partial charge in [0.05, 0.1) is 64.0 Å². The molecule has 0 aliphatic carbocycles. The lowest BCUT2D eigenvalue weighted by molar-refractivity contribution is -0.769. The van der Waals surface area contributed by atoms with E-state index < -0.39 is 46.9 Å². The van der Waals surface area contributed by atoms with Crippen molar-refractivity contribution in [2.75, 3.05) is 72.3 Å². The molecule has 0 saturated carbocycles. The van der Waals surface area contributed by atoms with Crippen LogP contribution in [0.5, 0.6) is 11.5 Å². The van der Waals surface area contributed by atoms with Crippen molar-refractivity contribution >= 4 is 11.8 Å². The van der Waals surface area contributed by atoms with Crippen molar-refractivity contribution in [3.05, 3.63) is 63.7 Å². The van der Waals surface area contributed by atoms with E-state index in [1.807, 2.05) is 57.2 Å². The lowest BCUT2D eigenvalue weighted by atomic mass is 9.71. The second-order valence-corrected chi connectivity index (χ2v) is 13.1. The van der Waals surface area contributed by atoms with Crippen LogP contribution in [0, 0.1) is 15.5 Å². The Labute approximate surface area is 281 Å². The third-order valence-electron chi connectivity index (χ3n) is 8.70. The minimum absolute atomic E-state index is 0.0813. The monoisotopic (exact) mass is 675 g/mol. The third kappa shape index (κ3) is 9.40. The lowest BCUT2D eigenvalue weighted by Gasteiger charge is -2.52. The van der Waals surface area contributed by atoms with E-state index in [-0.39, 0.29) is 26.4 Å². The van der Waals surface area contributed by atoms with Gasteiger partial charge in [0.15, 0.2) is 6.10 Å². The molecule has 0 bridgehead atoms. The van der Waals surface area contributed by atoms with Gasteiger partial charge in [-0.05, 0) is 47.2 Å². The number of anilines is 1. The number of piperidine rings is 1. The van der Waals surface area contributed by atoms with Gasteiger partial charge in [-0.25, -0.2) is 4.79 Å². The summed E-state index contributed by atoms with van der Waals surface area (Å²) >= 11 is 0. The summed E-state index contributed by atoms with van der Waals surface area (Å²) in [6.07, 6.45) is -2.66. The molecule has 48 heavy (non-hydrogen) atoms. The largest absolute Gasteiger partial charge is 0.497 e. The molecular weight excluding hydrogens is 626 g/mol. The van der Waals surface area contributed by atoms with Gasteiger partial charge in [-0.2, -0.15) is 0 Å². The highest BCUT2D eigenvalue weighted by Crippen LogP contribution is 2.43. The summed E-state index contributed by atoms with van der Waals surface area (Å²) in [5.74, 6) is 1.01. The molecule has 1 saturated heterocycles. The normalized spacial score (nSPS) is 21.6. The highest BCUT2D eigenvalue weighted by atomic mass is 17.0. The lowest BCUT2D eigenvalue weighted by Crippen LogP contribution is -2.64. The molecule has 0 radical (unpaired) electrons. The smallest absolute Gasteiger partial charge is 0.407 e. The molecule has 5 atom stereocenters. The minimum atomic E-state index is -1.11. The van der Waals surface area contributed by atoms with E-state index in [1.54, 1.807) is 14.2 Å². The van der Waals surface area contributed by atoms with E-state index in [4.69, 9.17) is 33.3 Å². The van der Waals surface area contributed by atoms with Crippen LogP contribution in [0.3, 0.4) is 0 Å². The number of ether oxygens (including phenoxy) is 6. The van der Waals surface area contributed by atoms with Crippen molar-refractivity contribution in [1.29, 1.82) is 0 Å². The Morgan fingerprint density at radius 1 is 1.08 bits per heavy atom. The van der Waals surface area contributed by atoms with Gasteiger partial charge in [0.1, 0.15) is 18.1 Å². The van der Waals surface area contributed by atoms with Crippen LogP contribution < -0.4 is 14.4 Å². The standard InChI is InChI=1S/C34H49N3O11/c1-34(2,3)32-31(47-22-26(21-43-5)48-37(40)41)30(24-9-11-25(44-6)12-10-24)29(19-36(32)33(38)39)46-20-23-8-13-28-27(18-23)35(15-17-45-28)14-7-16-42-4/h8-13,18,26,29-32H,7,14-17,19-22H2,1-6H3,(H,38,39)/t26?,29-,30+,31-,32?/m0/s1. The Morgan fingerprint density at radius 3 is 2.46 bits per heavy atom. The van der Waals surface area contributed by atoms with Crippen LogP contribution in [0.1, 0.15) is 44.2 Å². The molecule has 14 nitrogen and oxygen atoms in total. The number of likely N-dealkylation sites (tertiary alicyclic amines) is 1. The molecule has 1 fully saturated rings. The highest BCUT2D eigenvalue weighted by molar-refractivity contribution is 5.66. The summed E-state index contributed by atoms with van der Waals surface area (Å²) in [5, 5.41) is 20.8. The SMILES string of the molecule is COCCCN1CCOc2ccc(CO[C@H]3CN(C(=O)O)C(C(C)(C)C)[C@@H](OCC(COC)O[N+](=O)[O-])[C@@H]3c3ccc(OC)cc3)cc21. The van der Waals surface area contributed by atoms with E-state index in [0.29, 0.717) is 19.0 Å². The van der Waals surface area contributed by atoms with Crippen LogP contribution >= 0.6 is 0 Å². The molecule has 4 rings (SSSR count). The molecule has 266 valence electrons. The second-order valence-electron chi connectivity index (χ2n) is 13.1. The van der Waals surface area contributed by atoms with Gasteiger partial charge in [0.25, 0.3) is 5.09 Å². The number of carbonyl (C=O) groups is 1. The number of benzene rings is 2. The average molecular weight is 676 g/mol. The summed E-state index contributed by atoms with van der Waals surface area (Å²) < 4.78 is 34.9. The van der Waals surface area contributed by atoms with Crippen LogP contribution in [0.4, 0.5) is 10.5 Å². The van der Waals surface area contributed by atoms with Crippen LogP contribution in [0.2, 0.25) is 0 Å². The van der Waals surface area contributed by atoms with Crippen LogP contribution in [0.15, 0.2) is 42.5 Å². The summed E-state index contributed by atoms with van der Waals surface area (Å²) in [5.41, 5.74) is 2.16. The number of hydrogen-bond acceptors (Lipinski definition) is 11. The summed E-state index contributed by atoms with van der Waals surface area (Å²) in [4.78, 5) is 32.5. The Balaban J connectivity index is 1.69. The van der Waals surface area contributed by atoms with Crippen molar-refractivity contribution in [2.24, 2.45) is 5.41 Å². The van der Waals surface area contributed by atoms with Gasteiger partial charge < -0.3 is 43.3 Å². The first-order chi connectivity index (χ1) is 23.0. The maximum Gasteiger partial charge on any atom is 0.407 e. The van der Waals surface area contributed by atoms with Crippen molar-refractivity contribution in [1.82, 2.24) is 4.90 Å². The number of amides is 1. The molecular formula is C34H49N3O11. The van der Waals surface area contributed by atoms with Gasteiger partial charge in [-0.1, -0.05) is 39.0 Å². The average Bonchev–Trinajstić information content (AvgIpc) is 3.05. The van der Waals surface area contributed by atoms with Crippen molar-refractivity contribution in [3.63, 3.8) is 0 Å². The number of nitrogens with zero attached hydrogens (tertiary/aromatic N) is 3. The maximum atomic E-state index is 12.8. The zero-order valence-electron chi connectivity index (χ0n) is 28.7. The van der Waals surface area contributed by atoms with E-state index >= 15 is 0 Å². The fraction of sp³-hybridized carbons (Fsp3) is 0.618. The summed E-state index contributed by atoms with van der Waals surface area (Å²) in [6, 6.07) is 12.8. The predicted octanol–water partition coefficient (Wildman–Crippen LogP) is 4.62. The molecule has 2 aliphatic heterocycles. The number of hydrogen-bond donors (Lipinski definition) is 1. The number of fused-ring (bicyclic) bond motifs is 1. The highest BCUT2D eigenvalue weighted by Gasteiger charge is 2.52. The van der Waals surface area contributed by atoms with Gasteiger partial charge in [0.2, 0.25) is 0 Å². The molecule has 0 aromatic heterocycles. The fourth-order valence-electron chi connectivity index (χ4n) is 6.62. The molecule has 2 aromatic carbocycles. The quantitative estimate of drug-likeness (QED) is 0.150. The Kier molecular flexibility index (Phi) is 13.1. The molecule has 1 amide bonds. The molecule has 2 unspecified atom stereocenters. The maximum absolute atomic E-state index is 12.8. The molecule has 2 heterocycles. The van der Waals surface area contributed by atoms with E-state index in [0.717, 1.165) is 42.1 Å². The fourth-order valence-corrected chi connectivity index (χ4v) is 6.62. The van der Waals surface area contributed by atoms with Gasteiger partial charge >= 0.3 is 6.09 Å². The Bertz CT molecular complexity index is 1340. The zero-order valence-corrected chi connectivity index (χ0v) is 28.7. The Hall–Kier alpha value is -3.85. The van der Waals surface area contributed by atoms with Crippen molar-refractivity contribution in [2.45, 2.75) is 64.1 Å². The second kappa shape index (κ2) is 17.0. The molecule has 2 aliphatic rings. The van der Waals surface area contributed by atoms with E-state index in [9.17, 15) is 20.0 Å². The minimum Gasteiger partial charge on any atom is -0.497 e. The van der Waals surface area contributed by atoms with Gasteiger partial charge in [0, 0.05) is 33.3 Å². The predicted molar refractivity (Wildman–Crippen MR) is 176 cm³/mol. The molecule has 2 aromatic rings. The first-order valence-electron chi connectivity index (χ1n) is 16.1. The van der Waals surface area contributed by atoms with Gasteiger partial charge in [-0.15, -0.1) is 10.1 Å². The first-order valence-corrected chi connectivity index (χ1v) is 16.1. The third-order valence-corrected chi connectivity index (χ3v) is 8.70. The number of rotatable bonds is 16. The Morgan fingerprint density at radius 2 is 1.83 bits per heavy atom. The van der Waals surface area contributed by atoms with Crippen LogP contribution in [0.25, 0.3) is 0 Å². The topological polar surface area (TPSA) is 152 Å². The van der Waals surface area contributed by atoms with E-state index in [1.165, 1.54) is 12.0 Å². The van der Waals surface area contributed by atoms with E-state index in [2.05, 4.69) is 11.0 Å². The summed E-state index contributed by atoms with van der Waals surface area (Å²) in [7, 11) is 4.69. The summed E-state index contributed by atoms with van der Waals surface area (Å²) in [6.45, 7) is 8.67. The van der Waals surface area contributed by atoms with Crippen molar-refractivity contribution < 1.29 is 48.2 Å².